The molecule has 0 saturated heterocycles. The summed E-state index contributed by atoms with van der Waals surface area (Å²) in [6.07, 6.45) is 6.82. The molecule has 10 aromatic rings. The fourth-order valence-electron chi connectivity index (χ4n) is 12.5. The van der Waals surface area contributed by atoms with Gasteiger partial charge in [-0.05, 0) is 156 Å². The van der Waals surface area contributed by atoms with Gasteiger partial charge < -0.3 is 4.90 Å². The molecule has 312 valence electrons. The molecule has 1 nitrogen and oxygen atoms in total. The van der Waals surface area contributed by atoms with Gasteiger partial charge in [0.1, 0.15) is 0 Å². The summed E-state index contributed by atoms with van der Waals surface area (Å²) in [6.45, 7) is 4.77. The number of benzene rings is 9. The van der Waals surface area contributed by atoms with Crippen LogP contribution in [0.15, 0.2) is 218 Å². The zero-order valence-electron chi connectivity index (χ0n) is 37.0. The summed E-state index contributed by atoms with van der Waals surface area (Å²) in [7, 11) is 0. The van der Waals surface area contributed by atoms with E-state index >= 15 is 0 Å². The van der Waals surface area contributed by atoms with E-state index in [4.69, 9.17) is 0 Å². The minimum atomic E-state index is -0.544. The van der Waals surface area contributed by atoms with Crippen LogP contribution >= 0.6 is 11.3 Å². The van der Waals surface area contributed by atoms with Gasteiger partial charge >= 0.3 is 0 Å². The highest BCUT2D eigenvalue weighted by Crippen LogP contribution is 2.64. The monoisotopic (exact) mass is 859 g/mol. The van der Waals surface area contributed by atoms with Crippen molar-refractivity contribution in [2.24, 2.45) is 0 Å². The van der Waals surface area contributed by atoms with Gasteiger partial charge in [0.2, 0.25) is 0 Å². The lowest BCUT2D eigenvalue weighted by molar-refractivity contribution is 0.660. The molecule has 1 aromatic heterocycles. The molecule has 1 unspecified atom stereocenters. The second kappa shape index (κ2) is 14.0. The maximum absolute atomic E-state index is 2.60. The quantitative estimate of drug-likeness (QED) is 0.170. The lowest BCUT2D eigenvalue weighted by Gasteiger charge is -2.39. The minimum absolute atomic E-state index is 0.141. The summed E-state index contributed by atoms with van der Waals surface area (Å²) in [5, 5.41) is 2.68. The fraction of sp³-hybridized carbons (Fsp3) is 0.0938. The van der Waals surface area contributed by atoms with Crippen LogP contribution in [0, 0.1) is 0 Å². The highest BCUT2D eigenvalue weighted by Gasteiger charge is 2.51. The van der Waals surface area contributed by atoms with Crippen molar-refractivity contribution < 1.29 is 0 Å². The van der Waals surface area contributed by atoms with Crippen molar-refractivity contribution in [2.45, 2.75) is 37.5 Å². The van der Waals surface area contributed by atoms with E-state index in [1.54, 1.807) is 0 Å². The van der Waals surface area contributed by atoms with Crippen molar-refractivity contribution in [3.63, 3.8) is 0 Å². The third-order valence-electron chi connectivity index (χ3n) is 15.4. The van der Waals surface area contributed by atoms with Crippen LogP contribution in [0.3, 0.4) is 0 Å². The Hall–Kier alpha value is -7.52. The molecule has 1 spiro atoms. The van der Waals surface area contributed by atoms with E-state index in [-0.39, 0.29) is 5.41 Å². The topological polar surface area (TPSA) is 3.24 Å². The summed E-state index contributed by atoms with van der Waals surface area (Å²) in [5.41, 5.74) is 24.2. The molecule has 0 radical (unpaired) electrons. The van der Waals surface area contributed by atoms with Crippen LogP contribution in [0.4, 0.5) is 17.1 Å². The molecule has 4 aliphatic rings. The van der Waals surface area contributed by atoms with Gasteiger partial charge in [0, 0.05) is 42.6 Å². The number of rotatable bonds is 4. The third kappa shape index (κ3) is 5.16. The molecule has 0 bridgehead atoms. The van der Waals surface area contributed by atoms with Crippen LogP contribution in [-0.2, 0) is 10.8 Å². The van der Waals surface area contributed by atoms with E-state index in [1.165, 1.54) is 109 Å². The predicted molar refractivity (Wildman–Crippen MR) is 280 cm³/mol. The van der Waals surface area contributed by atoms with Crippen molar-refractivity contribution >= 4 is 54.1 Å². The molecule has 1 atom stereocenters. The molecular formula is C64H45NS. The number of hydrogen-bond acceptors (Lipinski definition) is 2. The van der Waals surface area contributed by atoms with Gasteiger partial charge in [-0.15, -0.1) is 11.3 Å². The van der Waals surface area contributed by atoms with Crippen molar-refractivity contribution in [1.82, 2.24) is 0 Å². The zero-order chi connectivity index (χ0) is 43.7. The SMILES string of the molecule is CC1(C)c2ccccc2-c2ccc(N(c3ccc(-c4ccccc4)cc3)c3ccc4c(c3)C3(C5=C(C=CCC5)c5ccccc5-4)c4ccccc4-c4cc5sc6ccccc6c5cc43)cc21. The van der Waals surface area contributed by atoms with Gasteiger partial charge in [-0.1, -0.05) is 172 Å². The zero-order valence-corrected chi connectivity index (χ0v) is 37.8. The number of nitrogens with zero attached hydrogens (tertiary/aromatic N) is 1. The van der Waals surface area contributed by atoms with E-state index in [9.17, 15) is 0 Å². The summed E-state index contributed by atoms with van der Waals surface area (Å²) >= 11 is 1.92. The first-order valence-electron chi connectivity index (χ1n) is 23.4. The molecule has 0 N–H and O–H groups in total. The summed E-state index contributed by atoms with van der Waals surface area (Å²) in [4.78, 5) is 2.52. The van der Waals surface area contributed by atoms with Gasteiger partial charge in [-0.3, -0.25) is 0 Å². The van der Waals surface area contributed by atoms with Gasteiger partial charge in [0.25, 0.3) is 0 Å². The van der Waals surface area contributed by atoms with Crippen LogP contribution in [-0.4, -0.2) is 0 Å². The lowest BCUT2D eigenvalue weighted by Crippen LogP contribution is -2.31. The van der Waals surface area contributed by atoms with Crippen LogP contribution in [0.2, 0.25) is 0 Å². The summed E-state index contributed by atoms with van der Waals surface area (Å²) in [6, 6.07) is 76.1. The van der Waals surface area contributed by atoms with Crippen molar-refractivity contribution in [3.05, 3.63) is 251 Å². The molecular weight excluding hydrogens is 815 g/mol. The van der Waals surface area contributed by atoms with E-state index in [0.29, 0.717) is 0 Å². The molecule has 4 aliphatic carbocycles. The van der Waals surface area contributed by atoms with Gasteiger partial charge in [0.05, 0.1) is 5.41 Å². The number of anilines is 3. The standard InChI is InChI=1S/C64H45NS/c1-63(2)55-24-12-8-21-48(55)51-35-33-43(36-58(51)63)65(42-30-28-41(29-31-42)40-16-4-3-5-17-40)44-32-34-50-46-19-7-6-18-45(46)47-20-9-13-25-56(47)64(59(50)37-44)57-26-14-10-22-49(57)53-39-62-54(38-60(53)64)52-23-11-15-27-61(52)66-62/h3-12,14-24,26-39H,13,25H2,1-2H3. The molecule has 0 amide bonds. The van der Waals surface area contributed by atoms with Crippen LogP contribution in [0.25, 0.3) is 70.3 Å². The molecule has 1 heterocycles. The Morgan fingerprint density at radius 2 is 0.985 bits per heavy atom. The van der Waals surface area contributed by atoms with Crippen LogP contribution < -0.4 is 4.90 Å². The van der Waals surface area contributed by atoms with E-state index in [2.05, 4.69) is 231 Å². The normalized spacial score (nSPS) is 16.9. The highest BCUT2D eigenvalue weighted by atomic mass is 32.1. The average Bonchev–Trinajstić information content (AvgIpc) is 3.94. The van der Waals surface area contributed by atoms with Gasteiger partial charge in [-0.25, -0.2) is 0 Å². The molecule has 2 heteroatoms. The maximum Gasteiger partial charge on any atom is 0.0689 e. The highest BCUT2D eigenvalue weighted by molar-refractivity contribution is 7.25. The minimum Gasteiger partial charge on any atom is -0.310 e. The largest absolute Gasteiger partial charge is 0.310 e. The van der Waals surface area contributed by atoms with E-state index < -0.39 is 5.41 Å². The molecule has 0 saturated carbocycles. The number of hydrogen-bond donors (Lipinski definition) is 0. The van der Waals surface area contributed by atoms with E-state index in [0.717, 1.165) is 29.9 Å². The first-order valence-corrected chi connectivity index (χ1v) is 24.2. The molecule has 9 aromatic carbocycles. The van der Waals surface area contributed by atoms with Crippen LogP contribution in [0.1, 0.15) is 60.1 Å². The lowest BCUT2D eigenvalue weighted by atomic mass is 9.63. The average molecular weight is 860 g/mol. The molecule has 66 heavy (non-hydrogen) atoms. The molecule has 14 rings (SSSR count). The Kier molecular flexibility index (Phi) is 8.02. The van der Waals surface area contributed by atoms with E-state index in [1.807, 2.05) is 11.3 Å². The first-order chi connectivity index (χ1) is 32.5. The number of allylic oxidation sites excluding steroid dienone is 4. The Bertz CT molecular complexity index is 3730. The number of fused-ring (bicyclic) bond motifs is 17. The third-order valence-corrected chi connectivity index (χ3v) is 16.5. The first kappa shape index (κ1) is 37.8. The predicted octanol–water partition coefficient (Wildman–Crippen LogP) is 17.6. The van der Waals surface area contributed by atoms with Gasteiger partial charge in [-0.2, -0.15) is 0 Å². The molecule has 0 aliphatic heterocycles. The smallest absolute Gasteiger partial charge is 0.0689 e. The van der Waals surface area contributed by atoms with Crippen molar-refractivity contribution in [3.8, 4) is 44.5 Å². The second-order valence-corrected chi connectivity index (χ2v) is 20.1. The Morgan fingerprint density at radius 3 is 1.77 bits per heavy atom. The van der Waals surface area contributed by atoms with Crippen molar-refractivity contribution in [1.29, 1.82) is 0 Å². The fourth-order valence-corrected chi connectivity index (χ4v) is 13.6. The second-order valence-electron chi connectivity index (χ2n) is 19.0. The molecule has 0 fully saturated rings. The van der Waals surface area contributed by atoms with Crippen molar-refractivity contribution in [2.75, 3.05) is 4.90 Å². The van der Waals surface area contributed by atoms with Crippen LogP contribution in [0.5, 0.6) is 0 Å². The van der Waals surface area contributed by atoms with Gasteiger partial charge in [0.15, 0.2) is 0 Å². The summed E-state index contributed by atoms with van der Waals surface area (Å²) in [5.74, 6) is 0. The summed E-state index contributed by atoms with van der Waals surface area (Å²) < 4.78 is 2.68. The Balaban J connectivity index is 1.07. The Morgan fingerprint density at radius 1 is 0.409 bits per heavy atom. The maximum atomic E-state index is 2.60. The Labute approximate surface area is 390 Å². The number of thiophene rings is 1.